The largest absolute Gasteiger partial charge is 0.472 e. The molecule has 0 aromatic carbocycles. The van der Waals surface area contributed by atoms with Crippen LogP contribution in [0.5, 0.6) is 0 Å². The second-order valence-corrected chi connectivity index (χ2v) is 3.06. The van der Waals surface area contributed by atoms with Gasteiger partial charge in [-0.3, -0.25) is 0 Å². The molecule has 0 radical (unpaired) electrons. The van der Waals surface area contributed by atoms with Crippen molar-refractivity contribution < 1.29 is 13.9 Å². The van der Waals surface area contributed by atoms with Gasteiger partial charge in [0.25, 0.3) is 0 Å². The van der Waals surface area contributed by atoms with Gasteiger partial charge in [0.2, 0.25) is 0 Å². The van der Waals surface area contributed by atoms with E-state index in [9.17, 15) is 4.79 Å². The maximum Gasteiger partial charge on any atom is 0.334 e. The Hall–Kier alpha value is -1.55. The van der Waals surface area contributed by atoms with Crippen LogP contribution in [0, 0.1) is 0 Å². The van der Waals surface area contributed by atoms with Crippen LogP contribution in [0.2, 0.25) is 0 Å². The van der Waals surface area contributed by atoms with E-state index >= 15 is 0 Å². The Labute approximate surface area is 88.9 Å². The summed E-state index contributed by atoms with van der Waals surface area (Å²) < 4.78 is 9.70. The number of nitrogens with one attached hydrogen (secondary N) is 1. The highest BCUT2D eigenvalue weighted by molar-refractivity contribution is 5.88. The number of hydrogen-bond donors (Lipinski definition) is 1. The van der Waals surface area contributed by atoms with Gasteiger partial charge in [0, 0.05) is 24.2 Å². The number of esters is 1. The highest BCUT2D eigenvalue weighted by Crippen LogP contribution is 1.99. The first-order valence-electron chi connectivity index (χ1n) is 4.80. The lowest BCUT2D eigenvalue weighted by Crippen LogP contribution is -2.21. The third kappa shape index (κ3) is 3.99. The first-order chi connectivity index (χ1) is 7.24. The number of carbonyl (C=O) groups excluding carboxylic acids is 1. The summed E-state index contributed by atoms with van der Waals surface area (Å²) in [5, 5.41) is 3.07. The van der Waals surface area contributed by atoms with Crippen LogP contribution in [0.3, 0.4) is 0 Å². The fourth-order valence-electron chi connectivity index (χ4n) is 1.06. The zero-order valence-electron chi connectivity index (χ0n) is 8.79. The Bertz CT molecular complexity index is 317. The molecule has 0 spiro atoms. The minimum absolute atomic E-state index is 0.350. The molecule has 15 heavy (non-hydrogen) atoms. The molecule has 0 saturated heterocycles. The molecule has 0 fully saturated rings. The molecule has 4 nitrogen and oxygen atoms in total. The number of furan rings is 1. The zero-order valence-corrected chi connectivity index (χ0v) is 8.79. The van der Waals surface area contributed by atoms with E-state index in [-0.39, 0.29) is 5.97 Å². The fraction of sp³-hybridized carbons (Fsp3) is 0.364. The standard InChI is InChI=1S/C11H15NO3/c1-3-15-11(13)9(2)6-12-7-10-4-5-14-8-10/h4-5,8,12H,2-3,6-7H2,1H3. The third-order valence-corrected chi connectivity index (χ3v) is 1.81. The molecule has 1 heterocycles. The number of ether oxygens (including phenoxy) is 1. The van der Waals surface area contributed by atoms with Crippen LogP contribution in [0.1, 0.15) is 12.5 Å². The molecular formula is C11H15NO3. The third-order valence-electron chi connectivity index (χ3n) is 1.81. The quantitative estimate of drug-likeness (QED) is 0.569. The minimum atomic E-state index is -0.350. The molecule has 0 unspecified atom stereocenters. The van der Waals surface area contributed by atoms with Gasteiger partial charge in [0.05, 0.1) is 19.1 Å². The second kappa shape index (κ2) is 6.03. The van der Waals surface area contributed by atoms with Crippen LogP contribution >= 0.6 is 0 Å². The van der Waals surface area contributed by atoms with Crippen molar-refractivity contribution in [2.24, 2.45) is 0 Å². The Balaban J connectivity index is 2.20. The molecule has 0 saturated carbocycles. The first-order valence-corrected chi connectivity index (χ1v) is 4.80. The van der Waals surface area contributed by atoms with Crippen molar-refractivity contribution in [1.82, 2.24) is 5.32 Å². The van der Waals surface area contributed by atoms with Crippen molar-refractivity contribution in [3.8, 4) is 0 Å². The summed E-state index contributed by atoms with van der Waals surface area (Å²) in [6.07, 6.45) is 3.26. The van der Waals surface area contributed by atoms with Crippen LogP contribution in [-0.2, 0) is 16.1 Å². The van der Waals surface area contributed by atoms with Gasteiger partial charge in [-0.1, -0.05) is 6.58 Å². The van der Waals surface area contributed by atoms with Gasteiger partial charge in [-0.2, -0.15) is 0 Å². The van der Waals surface area contributed by atoms with Gasteiger partial charge >= 0.3 is 5.97 Å². The summed E-state index contributed by atoms with van der Waals surface area (Å²) in [5.41, 5.74) is 1.46. The summed E-state index contributed by atoms with van der Waals surface area (Å²) in [4.78, 5) is 11.2. The Morgan fingerprint density at radius 3 is 3.07 bits per heavy atom. The van der Waals surface area contributed by atoms with E-state index in [1.807, 2.05) is 6.07 Å². The van der Waals surface area contributed by atoms with Gasteiger partial charge in [0.15, 0.2) is 0 Å². The molecule has 1 aromatic heterocycles. The average Bonchev–Trinajstić information content (AvgIpc) is 2.71. The summed E-state index contributed by atoms with van der Waals surface area (Å²) >= 11 is 0. The van der Waals surface area contributed by atoms with Crippen molar-refractivity contribution in [3.05, 3.63) is 36.3 Å². The first kappa shape index (κ1) is 11.5. The van der Waals surface area contributed by atoms with Crippen molar-refractivity contribution in [2.45, 2.75) is 13.5 Å². The van der Waals surface area contributed by atoms with Gasteiger partial charge in [0.1, 0.15) is 0 Å². The highest BCUT2D eigenvalue weighted by Gasteiger charge is 2.06. The van der Waals surface area contributed by atoms with Crippen molar-refractivity contribution in [3.63, 3.8) is 0 Å². The summed E-state index contributed by atoms with van der Waals surface area (Å²) in [5.74, 6) is -0.350. The average molecular weight is 209 g/mol. The molecule has 0 aliphatic carbocycles. The summed E-state index contributed by atoms with van der Waals surface area (Å²) in [6.45, 7) is 6.84. The van der Waals surface area contributed by atoms with E-state index in [0.29, 0.717) is 25.3 Å². The second-order valence-electron chi connectivity index (χ2n) is 3.06. The summed E-state index contributed by atoms with van der Waals surface area (Å²) in [6, 6.07) is 1.86. The van der Waals surface area contributed by atoms with Crippen LogP contribution in [0.25, 0.3) is 0 Å². The molecule has 1 rings (SSSR count). The Kier molecular flexibility index (Phi) is 4.63. The predicted octanol–water partition coefficient (Wildman–Crippen LogP) is 1.49. The molecule has 1 aromatic rings. The number of carbonyl (C=O) groups is 1. The monoisotopic (exact) mass is 209 g/mol. The molecule has 0 aliphatic heterocycles. The molecule has 82 valence electrons. The van der Waals surface area contributed by atoms with Crippen LogP contribution in [0.4, 0.5) is 0 Å². The minimum Gasteiger partial charge on any atom is -0.472 e. The van der Waals surface area contributed by atoms with Crippen molar-refractivity contribution in [2.75, 3.05) is 13.2 Å². The van der Waals surface area contributed by atoms with Gasteiger partial charge in [-0.05, 0) is 13.0 Å². The Morgan fingerprint density at radius 2 is 2.47 bits per heavy atom. The molecule has 0 bridgehead atoms. The molecule has 0 aliphatic rings. The normalized spacial score (nSPS) is 9.93. The van der Waals surface area contributed by atoms with Crippen molar-refractivity contribution >= 4 is 5.97 Å². The molecular weight excluding hydrogens is 194 g/mol. The topological polar surface area (TPSA) is 51.5 Å². The molecule has 0 amide bonds. The lowest BCUT2D eigenvalue weighted by molar-refractivity contribution is -0.138. The van der Waals surface area contributed by atoms with Gasteiger partial charge in [-0.25, -0.2) is 4.79 Å². The Morgan fingerprint density at radius 1 is 1.67 bits per heavy atom. The SMILES string of the molecule is C=C(CNCc1ccoc1)C(=O)OCC. The van der Waals surface area contributed by atoms with Crippen LogP contribution in [0.15, 0.2) is 35.2 Å². The van der Waals surface area contributed by atoms with E-state index in [2.05, 4.69) is 11.9 Å². The van der Waals surface area contributed by atoms with Gasteiger partial charge < -0.3 is 14.5 Å². The predicted molar refractivity (Wildman–Crippen MR) is 56.2 cm³/mol. The molecule has 1 N–H and O–H groups in total. The van der Waals surface area contributed by atoms with Crippen LogP contribution < -0.4 is 5.32 Å². The maximum absolute atomic E-state index is 11.2. The lowest BCUT2D eigenvalue weighted by Gasteiger charge is -2.05. The highest BCUT2D eigenvalue weighted by atomic mass is 16.5. The molecule has 4 heteroatoms. The van der Waals surface area contributed by atoms with E-state index in [1.54, 1.807) is 19.5 Å². The van der Waals surface area contributed by atoms with Gasteiger partial charge in [-0.15, -0.1) is 0 Å². The number of hydrogen-bond acceptors (Lipinski definition) is 4. The zero-order chi connectivity index (χ0) is 11.1. The van der Waals surface area contributed by atoms with E-state index in [0.717, 1.165) is 5.56 Å². The van der Waals surface area contributed by atoms with Crippen molar-refractivity contribution in [1.29, 1.82) is 0 Å². The fourth-order valence-corrected chi connectivity index (χ4v) is 1.06. The van der Waals surface area contributed by atoms with E-state index in [1.165, 1.54) is 0 Å². The van der Waals surface area contributed by atoms with E-state index in [4.69, 9.17) is 9.15 Å². The summed E-state index contributed by atoms with van der Waals surface area (Å²) in [7, 11) is 0. The lowest BCUT2D eigenvalue weighted by atomic mass is 10.3. The maximum atomic E-state index is 11.2. The van der Waals surface area contributed by atoms with E-state index < -0.39 is 0 Å². The van der Waals surface area contributed by atoms with Crippen LogP contribution in [-0.4, -0.2) is 19.1 Å². The molecule has 0 atom stereocenters. The smallest absolute Gasteiger partial charge is 0.334 e. The number of rotatable bonds is 6.